The largest absolute Gasteiger partial charge is 0.467 e. The lowest BCUT2D eigenvalue weighted by molar-refractivity contribution is -0.0189. The van der Waals surface area contributed by atoms with Crippen molar-refractivity contribution in [3.63, 3.8) is 0 Å². The van der Waals surface area contributed by atoms with E-state index in [2.05, 4.69) is 29.3 Å². The molecule has 0 aliphatic heterocycles. The highest BCUT2D eigenvalue weighted by Gasteiger charge is 2.52. The molecule has 4 bridgehead atoms. The zero-order valence-corrected chi connectivity index (χ0v) is 21.5. The molecule has 5 heteroatoms. The summed E-state index contributed by atoms with van der Waals surface area (Å²) in [7, 11) is 1.67. The third kappa shape index (κ3) is 5.45. The van der Waals surface area contributed by atoms with Gasteiger partial charge in [0.2, 0.25) is 0 Å². The molecule has 0 aromatic heterocycles. The zero-order valence-electron chi connectivity index (χ0n) is 21.5. The average molecular weight is 488 g/mol. The Morgan fingerprint density at radius 1 is 0.944 bits per heavy atom. The van der Waals surface area contributed by atoms with E-state index in [0.717, 1.165) is 34.6 Å². The van der Waals surface area contributed by atoms with Crippen LogP contribution >= 0.6 is 0 Å². The molecule has 1 amide bonds. The van der Waals surface area contributed by atoms with Crippen molar-refractivity contribution in [3.05, 3.63) is 64.7 Å². The smallest absolute Gasteiger partial charge is 0.251 e. The molecule has 4 aliphatic rings. The van der Waals surface area contributed by atoms with Crippen LogP contribution in [0.2, 0.25) is 0 Å². The van der Waals surface area contributed by atoms with Gasteiger partial charge in [0.25, 0.3) is 5.91 Å². The van der Waals surface area contributed by atoms with Gasteiger partial charge in [0.15, 0.2) is 6.79 Å². The second-order valence-corrected chi connectivity index (χ2v) is 10.8. The van der Waals surface area contributed by atoms with E-state index >= 15 is 0 Å². The van der Waals surface area contributed by atoms with Gasteiger partial charge in [0.05, 0.1) is 13.2 Å². The molecule has 0 spiro atoms. The maximum atomic E-state index is 12.0. The Balaban J connectivity index is 1.39. The van der Waals surface area contributed by atoms with Crippen LogP contribution in [0, 0.1) is 29.6 Å². The van der Waals surface area contributed by atoms with Crippen molar-refractivity contribution in [3.8, 4) is 17.6 Å². The van der Waals surface area contributed by atoms with E-state index in [0.29, 0.717) is 25.3 Å². The number of hydrogen-bond donors (Lipinski definition) is 1. The van der Waals surface area contributed by atoms with Gasteiger partial charge >= 0.3 is 0 Å². The number of hydrogen-bond acceptors (Lipinski definition) is 4. The summed E-state index contributed by atoms with van der Waals surface area (Å²) in [5, 5.41) is 2.83. The molecule has 0 heterocycles. The van der Waals surface area contributed by atoms with E-state index in [9.17, 15) is 4.79 Å². The number of benzene rings is 2. The average Bonchev–Trinajstić information content (AvgIpc) is 2.87. The van der Waals surface area contributed by atoms with Gasteiger partial charge in [-0.2, -0.15) is 0 Å². The molecule has 4 saturated carbocycles. The third-order valence-electron chi connectivity index (χ3n) is 8.15. The van der Waals surface area contributed by atoms with Crippen LogP contribution in [-0.2, 0) is 14.9 Å². The highest BCUT2D eigenvalue weighted by atomic mass is 16.7. The molecular weight excluding hydrogens is 450 g/mol. The summed E-state index contributed by atoms with van der Waals surface area (Å²) in [6.45, 7) is 3.84. The minimum Gasteiger partial charge on any atom is -0.467 e. The Morgan fingerprint density at radius 2 is 1.58 bits per heavy atom. The molecule has 2 aromatic carbocycles. The minimum absolute atomic E-state index is 0.0565. The molecule has 0 saturated heterocycles. The number of amides is 1. The first-order valence-electron chi connectivity index (χ1n) is 13.3. The molecule has 0 unspecified atom stereocenters. The molecule has 4 fully saturated rings. The van der Waals surface area contributed by atoms with Gasteiger partial charge in [0.1, 0.15) is 5.75 Å². The second-order valence-electron chi connectivity index (χ2n) is 10.8. The second kappa shape index (κ2) is 11.1. The number of methoxy groups -OCH3 is 1. The Morgan fingerprint density at radius 3 is 2.22 bits per heavy atom. The third-order valence-corrected chi connectivity index (χ3v) is 8.15. The lowest BCUT2D eigenvalue weighted by Gasteiger charge is -2.57. The quantitative estimate of drug-likeness (QED) is 0.296. The molecule has 2 aromatic rings. The highest BCUT2D eigenvalue weighted by molar-refractivity contribution is 5.94. The van der Waals surface area contributed by atoms with Crippen LogP contribution in [0.3, 0.4) is 0 Å². The normalized spacial score (nSPS) is 25.8. The number of nitrogens with one attached hydrogen (secondary N) is 1. The van der Waals surface area contributed by atoms with Crippen molar-refractivity contribution in [1.82, 2.24) is 5.32 Å². The standard InChI is InChI=1S/C31H37NO4/c1-3-32-30(33)27-9-6-22(7-10-27)4-5-23-8-11-29(36-21-35-13-12-34-2)28(17-23)31-18-24-14-25(19-31)16-26(15-24)20-31/h6-11,17,24-26H,3,12-16,18-21H2,1-2H3,(H,32,33). The summed E-state index contributed by atoms with van der Waals surface area (Å²) in [4.78, 5) is 12.0. The fourth-order valence-electron chi connectivity index (χ4n) is 7.01. The maximum Gasteiger partial charge on any atom is 0.251 e. The summed E-state index contributed by atoms with van der Waals surface area (Å²) in [5.74, 6) is 10.1. The molecule has 0 atom stereocenters. The van der Waals surface area contributed by atoms with Crippen molar-refractivity contribution in [2.24, 2.45) is 17.8 Å². The number of carbonyl (C=O) groups excluding carboxylic acids is 1. The minimum atomic E-state index is -0.0565. The predicted octanol–water partition coefficient (Wildman–Crippen LogP) is 5.30. The number of rotatable bonds is 9. The van der Waals surface area contributed by atoms with E-state index in [-0.39, 0.29) is 18.1 Å². The lowest BCUT2D eigenvalue weighted by Crippen LogP contribution is -2.48. The molecule has 4 aliphatic carbocycles. The summed E-state index contributed by atoms with van der Waals surface area (Å²) < 4.78 is 16.9. The molecule has 190 valence electrons. The maximum absolute atomic E-state index is 12.0. The monoisotopic (exact) mass is 487 g/mol. The fourth-order valence-corrected chi connectivity index (χ4v) is 7.01. The van der Waals surface area contributed by atoms with E-state index in [1.54, 1.807) is 7.11 Å². The summed E-state index contributed by atoms with van der Waals surface area (Å²) in [6, 6.07) is 13.9. The van der Waals surface area contributed by atoms with Gasteiger partial charge in [-0.3, -0.25) is 4.79 Å². The zero-order chi connectivity index (χ0) is 25.0. The van der Waals surface area contributed by atoms with Crippen molar-refractivity contribution in [2.75, 3.05) is 33.7 Å². The van der Waals surface area contributed by atoms with E-state index in [4.69, 9.17) is 14.2 Å². The molecule has 5 nitrogen and oxygen atoms in total. The molecule has 6 rings (SSSR count). The summed E-state index contributed by atoms with van der Waals surface area (Å²) in [5.41, 5.74) is 4.06. The summed E-state index contributed by atoms with van der Waals surface area (Å²) in [6.07, 6.45) is 8.00. The first-order chi connectivity index (χ1) is 17.6. The predicted molar refractivity (Wildman–Crippen MR) is 140 cm³/mol. The van der Waals surface area contributed by atoms with Crippen LogP contribution in [0.25, 0.3) is 0 Å². The first kappa shape index (κ1) is 24.9. The van der Waals surface area contributed by atoms with Gasteiger partial charge in [-0.15, -0.1) is 0 Å². The fraction of sp³-hybridized carbons (Fsp3) is 0.516. The van der Waals surface area contributed by atoms with Crippen LogP contribution in [0.15, 0.2) is 42.5 Å². The van der Waals surface area contributed by atoms with Gasteiger partial charge in [0, 0.05) is 35.9 Å². The summed E-state index contributed by atoms with van der Waals surface area (Å²) >= 11 is 0. The van der Waals surface area contributed by atoms with Crippen molar-refractivity contribution in [1.29, 1.82) is 0 Å². The van der Waals surface area contributed by atoms with E-state index < -0.39 is 0 Å². The molecular formula is C31H37NO4. The van der Waals surface area contributed by atoms with Gasteiger partial charge in [-0.25, -0.2) is 0 Å². The van der Waals surface area contributed by atoms with Crippen molar-refractivity contribution in [2.45, 2.75) is 50.9 Å². The Hall–Kier alpha value is -2.81. The van der Waals surface area contributed by atoms with Gasteiger partial charge in [-0.05, 0) is 111 Å². The Labute approximate surface area is 214 Å². The van der Waals surface area contributed by atoms with Gasteiger partial charge < -0.3 is 19.5 Å². The van der Waals surface area contributed by atoms with Crippen LogP contribution in [0.5, 0.6) is 5.75 Å². The first-order valence-corrected chi connectivity index (χ1v) is 13.3. The lowest BCUT2D eigenvalue weighted by atomic mass is 9.48. The Kier molecular flexibility index (Phi) is 7.65. The molecule has 0 radical (unpaired) electrons. The molecule has 36 heavy (non-hydrogen) atoms. The van der Waals surface area contributed by atoms with Crippen LogP contribution in [0.1, 0.15) is 72.5 Å². The van der Waals surface area contributed by atoms with Crippen molar-refractivity contribution >= 4 is 5.91 Å². The van der Waals surface area contributed by atoms with Crippen LogP contribution in [0.4, 0.5) is 0 Å². The van der Waals surface area contributed by atoms with Gasteiger partial charge in [-0.1, -0.05) is 11.8 Å². The van der Waals surface area contributed by atoms with E-state index in [1.807, 2.05) is 37.3 Å². The van der Waals surface area contributed by atoms with Crippen molar-refractivity contribution < 1.29 is 19.0 Å². The Bertz CT molecular complexity index is 1090. The van der Waals surface area contributed by atoms with E-state index in [1.165, 1.54) is 44.1 Å². The highest BCUT2D eigenvalue weighted by Crippen LogP contribution is 2.61. The SMILES string of the molecule is CCNC(=O)c1ccc(C#Cc2ccc(OCOCCOC)c(C34CC5CC(CC(C5)C3)C4)c2)cc1. The van der Waals surface area contributed by atoms with Crippen LogP contribution < -0.4 is 10.1 Å². The van der Waals surface area contributed by atoms with Crippen LogP contribution in [-0.4, -0.2) is 39.6 Å². The number of carbonyl (C=O) groups is 1. The topological polar surface area (TPSA) is 56.8 Å². The molecule has 1 N–H and O–H groups in total. The number of ether oxygens (including phenoxy) is 3.